The molecule has 2 unspecified atom stereocenters. The van der Waals surface area contributed by atoms with Crippen LogP contribution in [0.1, 0.15) is 29.9 Å². The SMILES string of the molecule is Cl.NCCCN(Cc1ccccc1)C(=O)C1CC1c1ccccc1OC(F)(F)F. The van der Waals surface area contributed by atoms with E-state index < -0.39 is 6.36 Å². The lowest BCUT2D eigenvalue weighted by molar-refractivity contribution is -0.274. The lowest BCUT2D eigenvalue weighted by Gasteiger charge is -2.23. The van der Waals surface area contributed by atoms with Gasteiger partial charge in [-0.05, 0) is 42.5 Å². The molecule has 0 aliphatic heterocycles. The number of benzene rings is 2. The van der Waals surface area contributed by atoms with E-state index in [1.807, 2.05) is 30.3 Å². The highest BCUT2D eigenvalue weighted by atomic mass is 35.5. The van der Waals surface area contributed by atoms with Crippen molar-refractivity contribution >= 4 is 18.3 Å². The molecular weight excluding hydrogens is 405 g/mol. The number of hydrogen-bond acceptors (Lipinski definition) is 3. The fourth-order valence-corrected chi connectivity index (χ4v) is 3.40. The van der Waals surface area contributed by atoms with Crippen molar-refractivity contribution in [3.63, 3.8) is 0 Å². The quantitative estimate of drug-likeness (QED) is 0.674. The molecule has 2 atom stereocenters. The standard InChI is InChI=1S/C21H23F3N2O2.ClH/c22-21(23,24)28-19-10-5-4-9-16(19)17-13-18(17)20(27)26(12-6-11-25)14-15-7-2-1-3-8-15;/h1-5,7-10,17-18H,6,11-14,25H2;1H. The van der Waals surface area contributed by atoms with Gasteiger partial charge in [-0.25, -0.2) is 0 Å². The number of nitrogens with zero attached hydrogens (tertiary/aromatic N) is 1. The normalized spacial score (nSPS) is 17.9. The van der Waals surface area contributed by atoms with Crippen LogP contribution in [-0.4, -0.2) is 30.3 Å². The van der Waals surface area contributed by atoms with E-state index in [0.29, 0.717) is 38.0 Å². The summed E-state index contributed by atoms with van der Waals surface area (Å²) in [4.78, 5) is 14.8. The molecule has 1 fully saturated rings. The van der Waals surface area contributed by atoms with Gasteiger partial charge in [-0.15, -0.1) is 25.6 Å². The maximum absolute atomic E-state index is 13.0. The number of carbonyl (C=O) groups excluding carboxylic acids is 1. The average Bonchev–Trinajstić information content (AvgIpc) is 3.45. The molecule has 1 amide bonds. The van der Waals surface area contributed by atoms with Crippen LogP contribution in [0.3, 0.4) is 0 Å². The van der Waals surface area contributed by atoms with Gasteiger partial charge < -0.3 is 15.4 Å². The summed E-state index contributed by atoms with van der Waals surface area (Å²) in [6.07, 6.45) is -3.57. The third kappa shape index (κ3) is 6.37. The topological polar surface area (TPSA) is 55.6 Å². The van der Waals surface area contributed by atoms with Crippen LogP contribution in [0.4, 0.5) is 13.2 Å². The molecule has 0 spiro atoms. The lowest BCUT2D eigenvalue weighted by Crippen LogP contribution is -2.34. The van der Waals surface area contributed by atoms with Gasteiger partial charge in [0.2, 0.25) is 5.91 Å². The summed E-state index contributed by atoms with van der Waals surface area (Å²) < 4.78 is 42.1. The van der Waals surface area contributed by atoms with Gasteiger partial charge in [-0.2, -0.15) is 0 Å². The van der Waals surface area contributed by atoms with Crippen molar-refractivity contribution < 1.29 is 22.7 Å². The molecular formula is C21H24ClF3N2O2. The zero-order valence-corrected chi connectivity index (χ0v) is 16.6. The van der Waals surface area contributed by atoms with Gasteiger partial charge in [0.05, 0.1) is 0 Å². The molecule has 0 aromatic heterocycles. The number of hydrogen-bond donors (Lipinski definition) is 1. The first-order chi connectivity index (χ1) is 13.4. The van der Waals surface area contributed by atoms with Gasteiger partial charge in [0.1, 0.15) is 5.75 Å². The molecule has 1 aliphatic carbocycles. The first-order valence-corrected chi connectivity index (χ1v) is 9.26. The van der Waals surface area contributed by atoms with E-state index in [2.05, 4.69) is 4.74 Å². The number of halogens is 4. The predicted molar refractivity (Wildman–Crippen MR) is 107 cm³/mol. The van der Waals surface area contributed by atoms with Crippen molar-refractivity contribution in [1.82, 2.24) is 4.90 Å². The minimum Gasteiger partial charge on any atom is -0.405 e. The van der Waals surface area contributed by atoms with Crippen LogP contribution in [0.2, 0.25) is 0 Å². The first-order valence-electron chi connectivity index (χ1n) is 9.26. The number of nitrogens with two attached hydrogens (primary N) is 1. The summed E-state index contributed by atoms with van der Waals surface area (Å²) in [5.74, 6) is -0.877. The zero-order valence-electron chi connectivity index (χ0n) is 15.8. The fraction of sp³-hybridized carbons (Fsp3) is 0.381. The van der Waals surface area contributed by atoms with Crippen molar-refractivity contribution in [2.45, 2.75) is 31.7 Å². The van der Waals surface area contributed by atoms with E-state index in [0.717, 1.165) is 5.56 Å². The molecule has 2 aromatic rings. The van der Waals surface area contributed by atoms with E-state index in [1.165, 1.54) is 12.1 Å². The largest absolute Gasteiger partial charge is 0.573 e. The first kappa shape index (κ1) is 23.0. The number of carbonyl (C=O) groups is 1. The van der Waals surface area contributed by atoms with Crippen molar-refractivity contribution in [2.75, 3.05) is 13.1 Å². The van der Waals surface area contributed by atoms with Crippen molar-refractivity contribution in [1.29, 1.82) is 0 Å². The van der Waals surface area contributed by atoms with Crippen LogP contribution < -0.4 is 10.5 Å². The van der Waals surface area contributed by atoms with Crippen LogP contribution in [0.15, 0.2) is 54.6 Å². The Morgan fingerprint density at radius 2 is 1.76 bits per heavy atom. The molecule has 158 valence electrons. The van der Waals surface area contributed by atoms with E-state index in [1.54, 1.807) is 17.0 Å². The van der Waals surface area contributed by atoms with Gasteiger partial charge in [-0.3, -0.25) is 4.79 Å². The van der Waals surface area contributed by atoms with Crippen molar-refractivity contribution in [2.24, 2.45) is 11.7 Å². The molecule has 0 radical (unpaired) electrons. The van der Waals surface area contributed by atoms with Gasteiger partial charge in [0, 0.05) is 19.0 Å². The van der Waals surface area contributed by atoms with E-state index in [9.17, 15) is 18.0 Å². The average molecular weight is 429 g/mol. The van der Waals surface area contributed by atoms with Gasteiger partial charge in [0.25, 0.3) is 0 Å². The van der Waals surface area contributed by atoms with Crippen LogP contribution in [0, 0.1) is 5.92 Å². The summed E-state index contributed by atoms with van der Waals surface area (Å²) in [5.41, 5.74) is 7.03. The predicted octanol–water partition coefficient (Wildman–Crippen LogP) is 4.49. The number of ether oxygens (including phenoxy) is 1. The highest BCUT2D eigenvalue weighted by Gasteiger charge is 2.47. The molecule has 0 heterocycles. The Labute approximate surface area is 174 Å². The Hall–Kier alpha value is -2.25. The van der Waals surface area contributed by atoms with Gasteiger partial charge >= 0.3 is 6.36 Å². The Balaban J connectivity index is 0.00000300. The molecule has 0 saturated heterocycles. The highest BCUT2D eigenvalue weighted by Crippen LogP contribution is 2.51. The molecule has 4 nitrogen and oxygen atoms in total. The number of alkyl halides is 3. The second-order valence-corrected chi connectivity index (χ2v) is 6.92. The molecule has 29 heavy (non-hydrogen) atoms. The second-order valence-electron chi connectivity index (χ2n) is 6.92. The van der Waals surface area contributed by atoms with Crippen molar-refractivity contribution in [3.8, 4) is 5.75 Å². The van der Waals surface area contributed by atoms with Crippen LogP contribution in [-0.2, 0) is 11.3 Å². The zero-order chi connectivity index (χ0) is 20.1. The highest BCUT2D eigenvalue weighted by molar-refractivity contribution is 5.85. The summed E-state index contributed by atoms with van der Waals surface area (Å²) >= 11 is 0. The van der Waals surface area contributed by atoms with Crippen LogP contribution in [0.5, 0.6) is 5.75 Å². The van der Waals surface area contributed by atoms with Gasteiger partial charge in [0.15, 0.2) is 0 Å². The summed E-state index contributed by atoms with van der Waals surface area (Å²) in [7, 11) is 0. The Morgan fingerprint density at radius 1 is 1.10 bits per heavy atom. The molecule has 0 bridgehead atoms. The summed E-state index contributed by atoms with van der Waals surface area (Å²) in [6.45, 7) is 1.45. The van der Waals surface area contributed by atoms with E-state index in [4.69, 9.17) is 5.73 Å². The molecule has 2 N–H and O–H groups in total. The monoisotopic (exact) mass is 428 g/mol. The number of rotatable bonds is 8. The maximum Gasteiger partial charge on any atom is 0.573 e. The van der Waals surface area contributed by atoms with E-state index >= 15 is 0 Å². The molecule has 8 heteroatoms. The fourth-order valence-electron chi connectivity index (χ4n) is 3.40. The molecule has 1 aliphatic rings. The number of amides is 1. The van der Waals surface area contributed by atoms with Crippen LogP contribution in [0.25, 0.3) is 0 Å². The maximum atomic E-state index is 13.0. The van der Waals surface area contributed by atoms with E-state index in [-0.39, 0.29) is 35.9 Å². The molecule has 1 saturated carbocycles. The third-order valence-electron chi connectivity index (χ3n) is 4.81. The minimum atomic E-state index is -4.76. The van der Waals surface area contributed by atoms with Crippen LogP contribution >= 0.6 is 12.4 Å². The Kier molecular flexibility index (Phi) is 7.93. The second kappa shape index (κ2) is 9.98. The van der Waals surface area contributed by atoms with Crippen molar-refractivity contribution in [3.05, 3.63) is 65.7 Å². The summed E-state index contributed by atoms with van der Waals surface area (Å²) in [5, 5.41) is 0. The lowest BCUT2D eigenvalue weighted by atomic mass is 10.1. The Bertz CT molecular complexity index is 802. The summed E-state index contributed by atoms with van der Waals surface area (Å²) in [6, 6.07) is 15.7. The minimum absolute atomic E-state index is 0. The molecule has 3 rings (SSSR count). The number of para-hydroxylation sites is 1. The van der Waals surface area contributed by atoms with Gasteiger partial charge in [-0.1, -0.05) is 48.5 Å². The third-order valence-corrected chi connectivity index (χ3v) is 4.81. The molecule has 2 aromatic carbocycles. The Morgan fingerprint density at radius 3 is 2.41 bits per heavy atom. The smallest absolute Gasteiger partial charge is 0.405 e.